The molecular weight excluding hydrogens is 392 g/mol. The SMILES string of the molecule is CN1/C(=C\C(=O)COC(=O)C2CCN(S(C)(=O)=O)CC2)C(C)(C)c2ccccc21. The van der Waals surface area contributed by atoms with E-state index in [0.29, 0.717) is 25.9 Å². The third kappa shape index (κ3) is 4.38. The van der Waals surface area contributed by atoms with Crippen molar-refractivity contribution in [3.8, 4) is 0 Å². The number of piperidine rings is 1. The van der Waals surface area contributed by atoms with E-state index in [1.54, 1.807) is 6.08 Å². The number of ether oxygens (including phenoxy) is 1. The number of para-hydroxylation sites is 1. The summed E-state index contributed by atoms with van der Waals surface area (Å²) in [6, 6.07) is 8.02. The molecule has 29 heavy (non-hydrogen) atoms. The minimum atomic E-state index is -3.24. The molecule has 1 aromatic carbocycles. The lowest BCUT2D eigenvalue weighted by molar-refractivity contribution is -0.152. The Kier molecular flexibility index (Phi) is 5.87. The molecule has 0 amide bonds. The van der Waals surface area contributed by atoms with E-state index in [0.717, 1.165) is 23.2 Å². The number of benzene rings is 1. The monoisotopic (exact) mass is 420 g/mol. The normalized spacial score (nSPS) is 21.2. The highest BCUT2D eigenvalue weighted by Crippen LogP contribution is 2.46. The number of likely N-dealkylation sites (N-methyl/N-ethyl adjacent to an activating group) is 1. The van der Waals surface area contributed by atoms with E-state index < -0.39 is 16.0 Å². The fraction of sp³-hybridized carbons (Fsp3) is 0.524. The van der Waals surface area contributed by atoms with Crippen molar-refractivity contribution in [2.24, 2.45) is 5.92 Å². The molecule has 0 unspecified atom stereocenters. The number of nitrogens with zero attached hydrogens (tertiary/aromatic N) is 2. The zero-order valence-corrected chi connectivity index (χ0v) is 18.2. The molecule has 1 fully saturated rings. The van der Waals surface area contributed by atoms with E-state index >= 15 is 0 Å². The molecule has 2 heterocycles. The molecule has 0 atom stereocenters. The number of sulfonamides is 1. The average Bonchev–Trinajstić information content (AvgIpc) is 2.86. The van der Waals surface area contributed by atoms with Gasteiger partial charge in [0.15, 0.2) is 12.4 Å². The molecule has 2 aliphatic heterocycles. The van der Waals surface area contributed by atoms with Gasteiger partial charge in [-0.05, 0) is 24.5 Å². The first-order valence-electron chi connectivity index (χ1n) is 9.72. The molecule has 0 radical (unpaired) electrons. The zero-order valence-electron chi connectivity index (χ0n) is 17.3. The minimum Gasteiger partial charge on any atom is -0.457 e. The second-order valence-corrected chi connectivity index (χ2v) is 10.2. The van der Waals surface area contributed by atoms with Crippen molar-refractivity contribution in [3.05, 3.63) is 41.6 Å². The van der Waals surface area contributed by atoms with Gasteiger partial charge < -0.3 is 9.64 Å². The largest absolute Gasteiger partial charge is 0.457 e. The fourth-order valence-electron chi connectivity index (χ4n) is 4.14. The maximum atomic E-state index is 12.5. The Morgan fingerprint density at radius 3 is 2.41 bits per heavy atom. The summed E-state index contributed by atoms with van der Waals surface area (Å²) in [6.07, 6.45) is 3.54. The van der Waals surface area contributed by atoms with Gasteiger partial charge in [0.25, 0.3) is 0 Å². The summed E-state index contributed by atoms with van der Waals surface area (Å²) in [4.78, 5) is 26.8. The second kappa shape index (κ2) is 7.91. The number of ketones is 1. The predicted molar refractivity (Wildman–Crippen MR) is 111 cm³/mol. The summed E-state index contributed by atoms with van der Waals surface area (Å²) in [5.74, 6) is -1.08. The molecule has 2 aliphatic rings. The fourth-order valence-corrected chi connectivity index (χ4v) is 5.01. The smallest absolute Gasteiger partial charge is 0.309 e. The number of hydrogen-bond donors (Lipinski definition) is 0. The van der Waals surface area contributed by atoms with Crippen molar-refractivity contribution >= 4 is 27.5 Å². The van der Waals surface area contributed by atoms with Crippen LogP contribution in [0.15, 0.2) is 36.0 Å². The van der Waals surface area contributed by atoms with Crippen LogP contribution in [0.4, 0.5) is 5.69 Å². The Labute approximate surface area is 172 Å². The topological polar surface area (TPSA) is 84.0 Å². The van der Waals surface area contributed by atoms with Gasteiger partial charge >= 0.3 is 5.97 Å². The van der Waals surface area contributed by atoms with Crippen LogP contribution in [-0.4, -0.2) is 57.5 Å². The van der Waals surface area contributed by atoms with Gasteiger partial charge in [-0.1, -0.05) is 32.0 Å². The standard InChI is InChI=1S/C21H28N2O5S/c1-21(2)17-7-5-6-8-18(17)22(3)19(21)13-16(24)14-28-20(25)15-9-11-23(12-10-15)29(4,26)27/h5-8,13,15H,9-12,14H2,1-4H3/b19-13-. The number of anilines is 1. The molecule has 1 aromatic rings. The lowest BCUT2D eigenvalue weighted by Crippen LogP contribution is -2.40. The Bertz CT molecular complexity index is 944. The second-order valence-electron chi connectivity index (χ2n) is 8.24. The van der Waals surface area contributed by atoms with E-state index in [4.69, 9.17) is 4.74 Å². The van der Waals surface area contributed by atoms with Crippen LogP contribution in [0.5, 0.6) is 0 Å². The first kappa shape index (κ1) is 21.5. The number of hydrogen-bond acceptors (Lipinski definition) is 6. The molecule has 0 aromatic heterocycles. The Morgan fingerprint density at radius 1 is 1.21 bits per heavy atom. The van der Waals surface area contributed by atoms with E-state index in [2.05, 4.69) is 19.9 Å². The minimum absolute atomic E-state index is 0.269. The van der Waals surface area contributed by atoms with Crippen LogP contribution in [0.2, 0.25) is 0 Å². The molecule has 0 bridgehead atoms. The van der Waals surface area contributed by atoms with Gasteiger partial charge in [-0.2, -0.15) is 0 Å². The quantitative estimate of drug-likeness (QED) is 0.536. The van der Waals surface area contributed by atoms with E-state index in [-0.39, 0.29) is 23.7 Å². The van der Waals surface area contributed by atoms with Gasteiger partial charge in [-0.15, -0.1) is 0 Å². The number of allylic oxidation sites excluding steroid dienone is 1. The van der Waals surface area contributed by atoms with E-state index in [1.165, 1.54) is 4.31 Å². The number of carbonyl (C=O) groups is 2. The number of esters is 1. The molecule has 7 nitrogen and oxygen atoms in total. The number of carbonyl (C=O) groups excluding carboxylic acids is 2. The summed E-state index contributed by atoms with van der Waals surface area (Å²) < 4.78 is 29.7. The van der Waals surface area contributed by atoms with Crippen LogP contribution in [0.3, 0.4) is 0 Å². The molecule has 0 saturated carbocycles. The highest BCUT2D eigenvalue weighted by atomic mass is 32.2. The summed E-state index contributed by atoms with van der Waals surface area (Å²) in [7, 11) is -1.31. The van der Waals surface area contributed by atoms with Crippen LogP contribution in [-0.2, 0) is 29.8 Å². The lowest BCUT2D eigenvalue weighted by atomic mass is 9.83. The maximum absolute atomic E-state index is 12.5. The Morgan fingerprint density at radius 2 is 1.83 bits per heavy atom. The summed E-state index contributed by atoms with van der Waals surface area (Å²) in [5, 5.41) is 0. The average molecular weight is 421 g/mol. The van der Waals surface area contributed by atoms with Gasteiger partial charge in [-0.3, -0.25) is 9.59 Å². The molecule has 0 N–H and O–H groups in total. The molecule has 1 saturated heterocycles. The van der Waals surface area contributed by atoms with Crippen LogP contribution < -0.4 is 4.90 Å². The number of fused-ring (bicyclic) bond motifs is 1. The van der Waals surface area contributed by atoms with Gasteiger partial charge in [0.1, 0.15) is 0 Å². The van der Waals surface area contributed by atoms with Crippen molar-refractivity contribution in [2.75, 3.05) is 37.9 Å². The lowest BCUT2D eigenvalue weighted by Gasteiger charge is -2.28. The third-order valence-electron chi connectivity index (χ3n) is 5.85. The number of rotatable bonds is 5. The van der Waals surface area contributed by atoms with Gasteiger partial charge in [-0.25, -0.2) is 12.7 Å². The van der Waals surface area contributed by atoms with Crippen molar-refractivity contribution in [2.45, 2.75) is 32.1 Å². The molecular formula is C21H28N2O5S. The first-order valence-corrected chi connectivity index (χ1v) is 11.6. The van der Waals surface area contributed by atoms with Crippen LogP contribution in [0.1, 0.15) is 32.3 Å². The van der Waals surface area contributed by atoms with Crippen LogP contribution in [0, 0.1) is 5.92 Å². The Balaban J connectivity index is 1.59. The van der Waals surface area contributed by atoms with Crippen LogP contribution in [0.25, 0.3) is 0 Å². The molecule has 3 rings (SSSR count). The van der Waals surface area contributed by atoms with E-state index in [1.807, 2.05) is 30.1 Å². The third-order valence-corrected chi connectivity index (χ3v) is 7.15. The van der Waals surface area contributed by atoms with Crippen LogP contribution >= 0.6 is 0 Å². The Hall–Kier alpha value is -2.19. The molecule has 8 heteroatoms. The van der Waals surface area contributed by atoms with Crippen molar-refractivity contribution in [1.29, 1.82) is 0 Å². The molecule has 0 aliphatic carbocycles. The molecule has 0 spiro atoms. The first-order chi connectivity index (χ1) is 13.5. The van der Waals surface area contributed by atoms with Gasteiger partial charge in [0.05, 0.1) is 12.2 Å². The van der Waals surface area contributed by atoms with Crippen molar-refractivity contribution < 1.29 is 22.7 Å². The summed E-state index contributed by atoms with van der Waals surface area (Å²) in [6.45, 7) is 4.42. The van der Waals surface area contributed by atoms with Gasteiger partial charge in [0, 0.05) is 43.0 Å². The molecule has 158 valence electrons. The highest BCUT2D eigenvalue weighted by Gasteiger charge is 2.38. The van der Waals surface area contributed by atoms with Crippen molar-refractivity contribution in [1.82, 2.24) is 4.31 Å². The predicted octanol–water partition coefficient (Wildman–Crippen LogP) is 2.08. The summed E-state index contributed by atoms with van der Waals surface area (Å²) >= 11 is 0. The van der Waals surface area contributed by atoms with Gasteiger partial charge in [0.2, 0.25) is 10.0 Å². The maximum Gasteiger partial charge on any atom is 0.309 e. The summed E-state index contributed by atoms with van der Waals surface area (Å²) in [5.41, 5.74) is 2.76. The van der Waals surface area contributed by atoms with E-state index in [9.17, 15) is 18.0 Å². The zero-order chi connectivity index (χ0) is 21.4. The highest BCUT2D eigenvalue weighted by molar-refractivity contribution is 7.88. The van der Waals surface area contributed by atoms with Crippen molar-refractivity contribution in [3.63, 3.8) is 0 Å².